The lowest BCUT2D eigenvalue weighted by Crippen LogP contribution is -2.44. The van der Waals surface area contributed by atoms with Gasteiger partial charge in [0.1, 0.15) is 53.2 Å². The molecule has 8 aromatic carbocycles. The highest BCUT2D eigenvalue weighted by molar-refractivity contribution is 6.00. The maximum absolute atomic E-state index is 13.2. The van der Waals surface area contributed by atoms with Gasteiger partial charge in [0.2, 0.25) is 17.7 Å². The first kappa shape index (κ1) is 118. The lowest BCUT2D eigenvalue weighted by Gasteiger charge is -2.30. The number of nitrogens with zero attached hydrogens (tertiary/aromatic N) is 1. The van der Waals surface area contributed by atoms with Crippen LogP contribution in [0.5, 0.6) is 11.5 Å². The monoisotopic (exact) mass is 1950 g/mol. The molecule has 0 saturated carbocycles. The third-order valence-electron chi connectivity index (χ3n) is 19.1. The van der Waals surface area contributed by atoms with Gasteiger partial charge in [0.25, 0.3) is 0 Å². The summed E-state index contributed by atoms with van der Waals surface area (Å²) in [5, 5.41) is 28.8. The number of anilines is 4. The minimum atomic E-state index is -1.04. The average Bonchev–Trinajstić information content (AvgIpc) is 0.855. The molecule has 2 unspecified atom stereocenters. The smallest absolute Gasteiger partial charge is 0.410 e. The number of rotatable bonds is 43. The summed E-state index contributed by atoms with van der Waals surface area (Å²) in [6.07, 6.45) is 3.82. The lowest BCUT2D eigenvalue weighted by molar-refractivity contribution is -0.163. The minimum Gasteiger partial charge on any atom is -0.489 e. The molecule has 140 heavy (non-hydrogen) atoms. The number of nitrogens with two attached hydrogens (primary N) is 1. The number of halogens is 1. The normalized spacial score (nSPS) is 11.9. The molecule has 0 aliphatic carbocycles. The molecule has 756 valence electrons. The summed E-state index contributed by atoms with van der Waals surface area (Å²) in [5.41, 5.74) is 9.74. The van der Waals surface area contributed by atoms with Gasteiger partial charge in [-0.25, -0.2) is 24.0 Å². The predicted molar refractivity (Wildman–Crippen MR) is 533 cm³/mol. The quantitative estimate of drug-likeness (QED) is 0.00466. The Hall–Kier alpha value is -14.1. The number of aromatic carboxylic acids is 1. The maximum Gasteiger partial charge on any atom is 0.410 e. The van der Waals surface area contributed by atoms with Crippen LogP contribution in [-0.4, -0.2) is 178 Å². The van der Waals surface area contributed by atoms with E-state index in [0.29, 0.717) is 120 Å². The van der Waals surface area contributed by atoms with E-state index in [1.165, 1.54) is 29.2 Å². The molecular weight excluding hydrogens is 1820 g/mol. The van der Waals surface area contributed by atoms with E-state index < -0.39 is 76.5 Å². The van der Waals surface area contributed by atoms with E-state index in [9.17, 15) is 71.9 Å². The molecule has 33 heteroatoms. The number of cyclic esters (lactones) is 2. The molecule has 0 radical (unpaired) electrons. The first-order valence-electron chi connectivity index (χ1n) is 46.3. The van der Waals surface area contributed by atoms with Crippen molar-refractivity contribution in [2.24, 2.45) is 0 Å². The number of nitrogen functional groups attached to an aromatic ring is 1. The van der Waals surface area contributed by atoms with E-state index in [-0.39, 0.29) is 149 Å². The zero-order valence-electron chi connectivity index (χ0n) is 82.4. The largest absolute Gasteiger partial charge is 0.489 e. The SMILES string of the molecule is CC(C)(C)OC(=O)c1ccc(N)cc1.CC(C)(C)OC(=O)c1ccc(NC(=O)CCCC(=O)O)cc1.CCCN(CC(COc1ccccc1C(=O)CCc1ccccc1)OC(=O)CCCC(=O)Nc1ccc(C(=O)OC(C)(C)C)cc1)C(=O)OC(C)(C)C.CCCNCC(COc1ccccc1C(=O)CCc1ccccc1)OC(=O)CCCC(=O)Nc1ccc(C(=O)O)cc1.Cl.O=C1CCCC(=O)O1. The highest BCUT2D eigenvalue weighted by atomic mass is 35.5. The summed E-state index contributed by atoms with van der Waals surface area (Å²) in [7, 11) is 0. The van der Waals surface area contributed by atoms with Crippen molar-refractivity contribution in [1.29, 1.82) is 0 Å². The Kier molecular flexibility index (Phi) is 51.7. The number of carbonyl (C=O) groups excluding carboxylic acids is 13. The Morgan fingerprint density at radius 1 is 0.414 bits per heavy atom. The molecule has 0 bridgehead atoms. The molecular formula is C107H135ClN6O26. The summed E-state index contributed by atoms with van der Waals surface area (Å²) in [6, 6.07) is 58.8. The van der Waals surface area contributed by atoms with Gasteiger partial charge >= 0.3 is 59.8 Å². The van der Waals surface area contributed by atoms with Crippen LogP contribution < -0.4 is 36.5 Å². The van der Waals surface area contributed by atoms with E-state index in [1.54, 1.807) is 184 Å². The second-order valence-electron chi connectivity index (χ2n) is 36.2. The molecule has 1 saturated heterocycles. The molecule has 1 heterocycles. The molecule has 2 atom stereocenters. The minimum absolute atomic E-state index is 0. The van der Waals surface area contributed by atoms with Crippen LogP contribution in [-0.2, 0) is 84.4 Å². The van der Waals surface area contributed by atoms with Gasteiger partial charge in [-0.2, -0.15) is 0 Å². The highest BCUT2D eigenvalue weighted by Crippen LogP contribution is 2.27. The molecule has 32 nitrogen and oxygen atoms in total. The van der Waals surface area contributed by atoms with Crippen LogP contribution in [0.1, 0.15) is 273 Å². The fraction of sp³-hybridized carbons (Fsp3) is 0.411. The number of carboxylic acid groups (broad SMARTS) is 2. The number of ketones is 2. The van der Waals surface area contributed by atoms with Gasteiger partial charge in [0.15, 0.2) is 17.7 Å². The molecule has 9 rings (SSSR count). The highest BCUT2D eigenvalue weighted by Gasteiger charge is 2.30. The van der Waals surface area contributed by atoms with Gasteiger partial charge in [-0.1, -0.05) is 98.8 Å². The number of esters is 7. The van der Waals surface area contributed by atoms with Gasteiger partial charge in [0.05, 0.1) is 39.9 Å². The van der Waals surface area contributed by atoms with Crippen LogP contribution in [0, 0.1) is 0 Å². The van der Waals surface area contributed by atoms with Crippen molar-refractivity contribution >= 4 is 124 Å². The first-order chi connectivity index (χ1) is 65.7. The topological polar surface area (TPSA) is 457 Å². The maximum atomic E-state index is 13.2. The van der Waals surface area contributed by atoms with Crippen molar-refractivity contribution in [1.82, 2.24) is 10.2 Å². The molecule has 8 aromatic rings. The van der Waals surface area contributed by atoms with Crippen LogP contribution in [0.15, 0.2) is 206 Å². The Bertz CT molecular complexity index is 5290. The summed E-state index contributed by atoms with van der Waals surface area (Å²) in [6.45, 7) is 26.9. The number of carbonyl (C=O) groups is 15. The van der Waals surface area contributed by atoms with Gasteiger partial charge in [-0.05, 0) is 273 Å². The van der Waals surface area contributed by atoms with Crippen molar-refractivity contribution in [3.8, 4) is 11.5 Å². The number of para-hydroxylation sites is 2. The van der Waals surface area contributed by atoms with Gasteiger partial charge in [-0.3, -0.25) is 47.9 Å². The summed E-state index contributed by atoms with van der Waals surface area (Å²) >= 11 is 0. The molecule has 1 fully saturated rings. The van der Waals surface area contributed by atoms with Crippen molar-refractivity contribution < 1.29 is 125 Å². The van der Waals surface area contributed by atoms with Crippen LogP contribution in [0.4, 0.5) is 27.5 Å². The zero-order valence-corrected chi connectivity index (χ0v) is 83.2. The Morgan fingerprint density at radius 3 is 1.11 bits per heavy atom. The number of aryl methyl sites for hydroxylation is 2. The Morgan fingerprint density at radius 2 is 0.764 bits per heavy atom. The number of nitrogens with one attached hydrogen (secondary N) is 4. The van der Waals surface area contributed by atoms with E-state index in [0.717, 1.165) is 24.1 Å². The molecule has 4 amide bonds. The van der Waals surface area contributed by atoms with Crippen LogP contribution in [0.25, 0.3) is 0 Å². The van der Waals surface area contributed by atoms with Gasteiger partial charge in [-0.15, -0.1) is 12.4 Å². The number of carboxylic acids is 2. The average molecular weight is 1960 g/mol. The second kappa shape index (κ2) is 61.2. The second-order valence-corrected chi connectivity index (χ2v) is 36.2. The van der Waals surface area contributed by atoms with E-state index in [4.69, 9.17) is 53.8 Å². The summed E-state index contributed by atoms with van der Waals surface area (Å²) in [5.74, 6) is -5.14. The standard InChI is InChI=1S/C42H54N2O9.C33H38N2O7.C16H21NO5.C11H15NO2.C5H6O3.ClH/c1-8-27-44(40(49)53-42(5,6)7)28-33(29-50-36-18-13-12-17-34(36)35(45)26-21-30-15-10-9-11-16-30)51-38(47)20-14-19-37(46)43-32-24-22-31(23-25-32)39(48)52-41(2,3)4;1-2-21-34-22-27(42-32(38)14-8-13-31(37)35-26-18-16-25(17-19-26)33(39)40)23-41-30-12-7-6-11-28(30)29(36)20-15-24-9-4-3-5-10-24;1-16(2,3)22-15(21)11-7-9-12(10-8-11)17-13(18)5-4-6-14(19)20;1-11(2,3)14-10(13)8-4-6-9(12)7-5-8;6-4-2-1-3-5(7)8-4;/h9-13,15-18,22-25,33H,8,14,19-21,26-29H2,1-7H3,(H,43,46);3-7,9-12,16-19,27,34H,2,8,13-15,20-23H2,1H3,(H,35,37)(H,39,40);7-10H,4-6H2,1-3H3,(H,17,18)(H,19,20);4-7H,12H2,1-3H3;1-3H2;1H. The number of hydrogen-bond donors (Lipinski definition) is 7. The van der Waals surface area contributed by atoms with E-state index in [1.807, 2.05) is 95.3 Å². The third-order valence-corrected chi connectivity index (χ3v) is 19.1. The molecule has 1 aliphatic rings. The molecule has 0 aromatic heterocycles. The van der Waals surface area contributed by atoms with Gasteiger partial charge < -0.3 is 84.7 Å². The predicted octanol–water partition coefficient (Wildman–Crippen LogP) is 19.2. The Labute approximate surface area is 825 Å². The van der Waals surface area contributed by atoms with Crippen LogP contribution >= 0.6 is 12.4 Å². The Balaban J connectivity index is 0.000000412. The van der Waals surface area contributed by atoms with Crippen LogP contribution in [0.2, 0.25) is 0 Å². The molecule has 0 spiro atoms. The fourth-order valence-electron chi connectivity index (χ4n) is 12.5. The van der Waals surface area contributed by atoms with Crippen molar-refractivity contribution in [2.75, 3.05) is 61.1 Å². The number of hydrogen-bond acceptors (Lipinski definition) is 26. The van der Waals surface area contributed by atoms with Crippen molar-refractivity contribution in [3.05, 3.63) is 251 Å². The summed E-state index contributed by atoms with van der Waals surface area (Å²) < 4.78 is 49.2. The number of benzene rings is 8. The third kappa shape index (κ3) is 50.8. The van der Waals surface area contributed by atoms with Gasteiger partial charge in [0, 0.05) is 100 Å². The van der Waals surface area contributed by atoms with E-state index in [2.05, 4.69) is 26.0 Å². The van der Waals surface area contributed by atoms with Crippen LogP contribution in [0.3, 0.4) is 0 Å². The number of amides is 4. The number of ether oxygens (including phenoxy) is 9. The zero-order chi connectivity index (χ0) is 103. The lowest BCUT2D eigenvalue weighted by atomic mass is 10.0. The number of aliphatic carboxylic acids is 1. The van der Waals surface area contributed by atoms with Crippen molar-refractivity contribution in [2.45, 2.75) is 247 Å². The van der Waals surface area contributed by atoms with Crippen molar-refractivity contribution in [3.63, 3.8) is 0 Å². The number of Topliss-reactive ketones (excluding diaryl/α,β-unsaturated/α-hetero) is 2. The fourth-order valence-corrected chi connectivity index (χ4v) is 12.5. The molecule has 8 N–H and O–H groups in total. The first-order valence-corrected chi connectivity index (χ1v) is 46.3. The summed E-state index contributed by atoms with van der Waals surface area (Å²) in [4.78, 5) is 180. The van der Waals surface area contributed by atoms with E-state index >= 15 is 0 Å². The molecule has 1 aliphatic heterocycles.